The van der Waals surface area contributed by atoms with E-state index in [1.807, 2.05) is 23.6 Å². The van der Waals surface area contributed by atoms with E-state index in [1.54, 1.807) is 43.9 Å². The normalized spacial score (nSPS) is 15.6. The third-order valence-electron chi connectivity index (χ3n) is 5.28. The second-order valence-corrected chi connectivity index (χ2v) is 9.33. The van der Waals surface area contributed by atoms with Crippen molar-refractivity contribution in [2.45, 2.75) is 13.0 Å². The lowest BCUT2D eigenvalue weighted by Crippen LogP contribution is -2.39. The van der Waals surface area contributed by atoms with E-state index in [4.69, 9.17) is 18.9 Å². The summed E-state index contributed by atoms with van der Waals surface area (Å²) in [4.78, 5) is 32.5. The predicted molar refractivity (Wildman–Crippen MR) is 130 cm³/mol. The molecule has 34 heavy (non-hydrogen) atoms. The average molecular weight is 501 g/mol. The highest BCUT2D eigenvalue weighted by molar-refractivity contribution is 7.10. The van der Waals surface area contributed by atoms with Gasteiger partial charge in [-0.1, -0.05) is 23.5 Å². The first-order chi connectivity index (χ1) is 16.5. The van der Waals surface area contributed by atoms with Gasteiger partial charge >= 0.3 is 5.97 Å². The van der Waals surface area contributed by atoms with E-state index in [9.17, 15) is 9.59 Å². The van der Waals surface area contributed by atoms with Crippen molar-refractivity contribution in [1.82, 2.24) is 4.57 Å². The zero-order valence-corrected chi connectivity index (χ0v) is 20.8. The van der Waals surface area contributed by atoms with Crippen molar-refractivity contribution in [2.24, 2.45) is 4.99 Å². The van der Waals surface area contributed by atoms with Crippen LogP contribution < -0.4 is 24.4 Å². The van der Waals surface area contributed by atoms with Crippen LogP contribution in [-0.4, -0.2) is 45.1 Å². The van der Waals surface area contributed by atoms with Crippen molar-refractivity contribution >= 4 is 34.7 Å². The summed E-state index contributed by atoms with van der Waals surface area (Å²) in [5, 5.41) is 1.91. The van der Waals surface area contributed by atoms with E-state index in [2.05, 4.69) is 4.99 Å². The monoisotopic (exact) mass is 500 g/mol. The molecule has 1 aromatic carbocycles. The number of benzene rings is 1. The number of methoxy groups -OCH3 is 3. The largest absolute Gasteiger partial charge is 0.493 e. The second-order valence-electron chi connectivity index (χ2n) is 7.34. The number of thiazole rings is 1. The minimum Gasteiger partial charge on any atom is -0.493 e. The number of ether oxygens (including phenoxy) is 4. The lowest BCUT2D eigenvalue weighted by molar-refractivity contribution is -0.140. The molecule has 0 N–H and O–H groups in total. The molecule has 0 radical (unpaired) electrons. The molecule has 1 aliphatic rings. The first-order valence-electron chi connectivity index (χ1n) is 10.4. The number of aromatic nitrogens is 1. The van der Waals surface area contributed by atoms with Gasteiger partial charge in [0.2, 0.25) is 0 Å². The highest BCUT2D eigenvalue weighted by atomic mass is 32.1. The number of allylic oxidation sites excluding steroid dienone is 1. The van der Waals surface area contributed by atoms with Crippen LogP contribution in [0.25, 0.3) is 6.08 Å². The van der Waals surface area contributed by atoms with Gasteiger partial charge < -0.3 is 18.9 Å². The molecule has 2 aromatic heterocycles. The Morgan fingerprint density at radius 2 is 1.94 bits per heavy atom. The Morgan fingerprint density at radius 3 is 2.62 bits per heavy atom. The molecule has 1 aliphatic heterocycles. The van der Waals surface area contributed by atoms with Crippen LogP contribution in [0.1, 0.15) is 23.4 Å². The van der Waals surface area contributed by atoms with Crippen molar-refractivity contribution in [3.05, 3.63) is 77.1 Å². The molecule has 1 unspecified atom stereocenters. The summed E-state index contributed by atoms with van der Waals surface area (Å²) in [6, 6.07) is 8.62. The van der Waals surface area contributed by atoms with Gasteiger partial charge in [-0.25, -0.2) is 9.79 Å². The van der Waals surface area contributed by atoms with Crippen molar-refractivity contribution in [3.63, 3.8) is 0 Å². The zero-order valence-electron chi connectivity index (χ0n) is 19.2. The van der Waals surface area contributed by atoms with Gasteiger partial charge in [-0.3, -0.25) is 9.36 Å². The molecule has 3 heterocycles. The Balaban J connectivity index is 1.83. The zero-order chi connectivity index (χ0) is 24.2. The molecule has 3 aromatic rings. The molecule has 0 spiro atoms. The van der Waals surface area contributed by atoms with Gasteiger partial charge in [0.25, 0.3) is 5.56 Å². The van der Waals surface area contributed by atoms with Gasteiger partial charge in [0.1, 0.15) is 12.6 Å². The number of fused-ring (bicyclic) bond motifs is 1. The quantitative estimate of drug-likeness (QED) is 0.349. The number of esters is 1. The Bertz CT molecular complexity index is 1400. The maximum absolute atomic E-state index is 13.6. The lowest BCUT2D eigenvalue weighted by Gasteiger charge is -2.23. The van der Waals surface area contributed by atoms with Crippen LogP contribution in [0.5, 0.6) is 11.5 Å². The van der Waals surface area contributed by atoms with Gasteiger partial charge in [-0.2, -0.15) is 0 Å². The van der Waals surface area contributed by atoms with Gasteiger partial charge in [0.15, 0.2) is 16.3 Å². The molecule has 0 bridgehead atoms. The Kier molecular flexibility index (Phi) is 7.30. The van der Waals surface area contributed by atoms with Crippen LogP contribution in [0.15, 0.2) is 56.8 Å². The molecule has 8 nitrogen and oxygen atoms in total. The minimum atomic E-state index is -0.612. The summed E-state index contributed by atoms with van der Waals surface area (Å²) in [5.41, 5.74) is 1.43. The third-order valence-corrected chi connectivity index (χ3v) is 7.19. The van der Waals surface area contributed by atoms with E-state index in [0.29, 0.717) is 32.1 Å². The number of nitrogens with zero attached hydrogens (tertiary/aromatic N) is 2. The fraction of sp³-hybridized carbons (Fsp3) is 0.292. The summed E-state index contributed by atoms with van der Waals surface area (Å²) < 4.78 is 23.1. The number of hydrogen-bond acceptors (Lipinski definition) is 9. The van der Waals surface area contributed by atoms with E-state index in [1.165, 1.54) is 29.8 Å². The van der Waals surface area contributed by atoms with Crippen LogP contribution in [0.3, 0.4) is 0 Å². The molecule has 0 aliphatic carbocycles. The number of carbonyl (C=O) groups is 1. The summed E-state index contributed by atoms with van der Waals surface area (Å²) in [6.45, 7) is 2.17. The predicted octanol–water partition coefficient (Wildman–Crippen LogP) is 2.50. The van der Waals surface area contributed by atoms with E-state index in [0.717, 1.165) is 10.4 Å². The van der Waals surface area contributed by atoms with Crippen molar-refractivity contribution in [2.75, 3.05) is 34.5 Å². The smallest absolute Gasteiger partial charge is 0.338 e. The van der Waals surface area contributed by atoms with Crippen LogP contribution in [-0.2, 0) is 14.3 Å². The summed E-state index contributed by atoms with van der Waals surface area (Å²) >= 11 is 2.75. The second kappa shape index (κ2) is 10.4. The molecule has 178 valence electrons. The number of hydrogen-bond donors (Lipinski definition) is 0. The number of thiophene rings is 1. The summed E-state index contributed by atoms with van der Waals surface area (Å²) in [5.74, 6) is 0.661. The van der Waals surface area contributed by atoms with Crippen LogP contribution in [0, 0.1) is 0 Å². The first-order valence-corrected chi connectivity index (χ1v) is 12.1. The molecule has 0 fully saturated rings. The van der Waals surface area contributed by atoms with Crippen molar-refractivity contribution in [3.8, 4) is 11.5 Å². The highest BCUT2D eigenvalue weighted by Gasteiger charge is 2.34. The lowest BCUT2D eigenvalue weighted by atomic mass is 10.0. The standard InChI is InChI=1S/C24H24N2O6S2/c1-14-20(23(28)32-10-9-29-2)21(18-6-5-11-33-18)26-22(27)19(34-24(26)25-14)13-15-7-8-16(30-3)17(12-15)31-4/h5-8,11-13,21H,9-10H2,1-4H3/b19-13-. The minimum absolute atomic E-state index is 0.118. The van der Waals surface area contributed by atoms with Crippen LogP contribution >= 0.6 is 22.7 Å². The molecule has 0 amide bonds. The van der Waals surface area contributed by atoms with Crippen molar-refractivity contribution in [1.29, 1.82) is 0 Å². The molecular weight excluding hydrogens is 476 g/mol. The maximum Gasteiger partial charge on any atom is 0.338 e. The molecule has 0 saturated heterocycles. The Hall–Kier alpha value is -3.21. The molecule has 10 heteroatoms. The number of carbonyl (C=O) groups excluding carboxylic acids is 1. The Morgan fingerprint density at radius 1 is 1.15 bits per heavy atom. The van der Waals surface area contributed by atoms with E-state index in [-0.39, 0.29) is 18.8 Å². The van der Waals surface area contributed by atoms with E-state index >= 15 is 0 Å². The van der Waals surface area contributed by atoms with Gasteiger partial charge in [-0.15, -0.1) is 11.3 Å². The Labute approximate surface area is 204 Å². The summed E-state index contributed by atoms with van der Waals surface area (Å²) in [6.07, 6.45) is 1.78. The van der Waals surface area contributed by atoms with Crippen LogP contribution in [0.4, 0.5) is 0 Å². The van der Waals surface area contributed by atoms with Crippen molar-refractivity contribution < 1.29 is 23.7 Å². The van der Waals surface area contributed by atoms with Gasteiger partial charge in [0, 0.05) is 12.0 Å². The fourth-order valence-corrected chi connectivity index (χ4v) is 5.56. The third kappa shape index (κ3) is 4.56. The highest BCUT2D eigenvalue weighted by Crippen LogP contribution is 2.33. The molecule has 4 rings (SSSR count). The molecular formula is C24H24N2O6S2. The van der Waals surface area contributed by atoms with E-state index < -0.39 is 12.0 Å². The SMILES string of the molecule is COCCOC(=O)C1=C(C)N=c2s/c(=C\c3ccc(OC)c(OC)c3)c(=O)n2C1c1cccs1. The van der Waals surface area contributed by atoms with Crippen LogP contribution in [0.2, 0.25) is 0 Å². The van der Waals surface area contributed by atoms with Gasteiger partial charge in [0.05, 0.1) is 36.6 Å². The summed E-state index contributed by atoms with van der Waals surface area (Å²) in [7, 11) is 4.67. The average Bonchev–Trinajstić information content (AvgIpc) is 3.47. The molecule has 1 atom stereocenters. The topological polar surface area (TPSA) is 88.4 Å². The maximum atomic E-state index is 13.6. The fourth-order valence-electron chi connectivity index (χ4n) is 3.69. The molecule has 0 saturated carbocycles. The first kappa shape index (κ1) is 23.9. The van der Waals surface area contributed by atoms with Gasteiger partial charge in [-0.05, 0) is 42.1 Å². The number of rotatable bonds is 8.